The highest BCUT2D eigenvalue weighted by Gasteiger charge is 2.23. The molecule has 0 radical (unpaired) electrons. The molecule has 0 saturated carbocycles. The molecule has 1 N–H and O–H groups in total. The Hall–Kier alpha value is -3.47. The molecule has 1 atom stereocenters. The highest BCUT2D eigenvalue weighted by Crippen LogP contribution is 2.06. The van der Waals surface area contributed by atoms with Gasteiger partial charge in [-0.05, 0) is 25.0 Å². The van der Waals surface area contributed by atoms with Crippen molar-refractivity contribution >= 4 is 11.9 Å². The number of rotatable bonds is 6. The number of nitrogens with zero attached hydrogens (tertiary/aromatic N) is 3. The lowest BCUT2D eigenvalue weighted by Gasteiger charge is -2.17. The average molecular weight is 368 g/mol. The molecule has 0 unspecified atom stereocenters. The molecule has 0 spiro atoms. The summed E-state index contributed by atoms with van der Waals surface area (Å²) in [6.07, 6.45) is 0.248. The zero-order chi connectivity index (χ0) is 20.0. The van der Waals surface area contributed by atoms with Crippen molar-refractivity contribution in [2.45, 2.75) is 32.9 Å². The maximum absolute atomic E-state index is 12.4. The summed E-state index contributed by atoms with van der Waals surface area (Å²) < 4.78 is 5.67. The van der Waals surface area contributed by atoms with Gasteiger partial charge in [0.1, 0.15) is 24.2 Å². The monoisotopic (exact) mass is 368 g/mol. The highest BCUT2D eigenvalue weighted by molar-refractivity contribution is 5.84. The van der Waals surface area contributed by atoms with Crippen LogP contribution in [0.1, 0.15) is 22.4 Å². The Morgan fingerprint density at radius 1 is 1.30 bits per heavy atom. The van der Waals surface area contributed by atoms with Gasteiger partial charge in [-0.3, -0.25) is 9.59 Å². The number of esters is 1. The lowest BCUT2D eigenvalue weighted by Crippen LogP contribution is -2.45. The summed E-state index contributed by atoms with van der Waals surface area (Å²) in [5.74, 6) is -1.17. The van der Waals surface area contributed by atoms with E-state index < -0.39 is 30.0 Å². The average Bonchev–Trinajstić information content (AvgIpc) is 2.66. The van der Waals surface area contributed by atoms with Gasteiger partial charge in [-0.2, -0.15) is 10.4 Å². The zero-order valence-corrected chi connectivity index (χ0v) is 15.4. The third-order valence-electron chi connectivity index (χ3n) is 4.15. The van der Waals surface area contributed by atoms with Crippen molar-refractivity contribution in [1.29, 1.82) is 5.26 Å². The summed E-state index contributed by atoms with van der Waals surface area (Å²) in [6, 6.07) is 10.1. The van der Waals surface area contributed by atoms with Gasteiger partial charge >= 0.3 is 5.97 Å². The Balaban J connectivity index is 2.19. The van der Waals surface area contributed by atoms with Crippen molar-refractivity contribution in [3.05, 3.63) is 63.1 Å². The van der Waals surface area contributed by atoms with E-state index in [1.165, 1.54) is 7.11 Å². The fraction of sp³-hybridized carbons (Fsp3) is 0.316. The summed E-state index contributed by atoms with van der Waals surface area (Å²) in [5.41, 5.74) is 1.11. The molecule has 0 saturated heterocycles. The van der Waals surface area contributed by atoms with Crippen molar-refractivity contribution in [3.63, 3.8) is 0 Å². The van der Waals surface area contributed by atoms with E-state index in [2.05, 4.69) is 10.4 Å². The smallest absolute Gasteiger partial charge is 0.328 e. The SMILES string of the molecule is COC(=O)[C@@H](Cc1ccccc1)NC(=O)Cn1nc(C)c(C)c(C#N)c1=O. The van der Waals surface area contributed by atoms with Crippen LogP contribution in [0.3, 0.4) is 0 Å². The largest absolute Gasteiger partial charge is 0.467 e. The maximum Gasteiger partial charge on any atom is 0.328 e. The van der Waals surface area contributed by atoms with E-state index in [4.69, 9.17) is 10.00 Å². The third kappa shape index (κ3) is 4.79. The van der Waals surface area contributed by atoms with Crippen LogP contribution in [0.2, 0.25) is 0 Å². The first-order chi connectivity index (χ1) is 12.9. The second-order valence-corrected chi connectivity index (χ2v) is 5.99. The molecule has 1 aromatic carbocycles. The summed E-state index contributed by atoms with van der Waals surface area (Å²) >= 11 is 0. The van der Waals surface area contributed by atoms with E-state index in [0.29, 0.717) is 11.3 Å². The van der Waals surface area contributed by atoms with Gasteiger partial charge in [0.2, 0.25) is 5.91 Å². The Labute approximate surface area is 156 Å². The number of carbonyl (C=O) groups is 2. The van der Waals surface area contributed by atoms with E-state index in [9.17, 15) is 14.4 Å². The number of aryl methyl sites for hydroxylation is 1. The molecular formula is C19H20N4O4. The molecule has 0 aliphatic carbocycles. The van der Waals surface area contributed by atoms with Gasteiger partial charge < -0.3 is 10.1 Å². The van der Waals surface area contributed by atoms with Crippen LogP contribution in [0, 0.1) is 25.2 Å². The minimum absolute atomic E-state index is 0.0518. The number of benzene rings is 1. The fourth-order valence-electron chi connectivity index (χ4n) is 2.57. The Morgan fingerprint density at radius 2 is 1.96 bits per heavy atom. The summed E-state index contributed by atoms with van der Waals surface area (Å²) in [7, 11) is 1.24. The number of carbonyl (C=O) groups excluding carboxylic acids is 2. The molecule has 0 bridgehead atoms. The van der Waals surface area contributed by atoms with Gasteiger partial charge in [0.25, 0.3) is 5.56 Å². The lowest BCUT2D eigenvalue weighted by molar-refractivity contribution is -0.145. The standard InChI is InChI=1S/C19H20N4O4/c1-12-13(2)22-23(18(25)15(12)10-20)11-17(24)21-16(19(26)27-3)9-14-7-5-4-6-8-14/h4-8,16H,9,11H2,1-3H3,(H,21,24)/t16-/m1/s1. The summed E-state index contributed by atoms with van der Waals surface area (Å²) in [5, 5.41) is 15.8. The molecular weight excluding hydrogens is 348 g/mol. The number of nitriles is 1. The first kappa shape index (κ1) is 19.8. The van der Waals surface area contributed by atoms with Crippen LogP contribution in [0.5, 0.6) is 0 Å². The van der Waals surface area contributed by atoms with Crippen molar-refractivity contribution in [2.75, 3.05) is 7.11 Å². The minimum Gasteiger partial charge on any atom is -0.467 e. The normalized spacial score (nSPS) is 11.3. The lowest BCUT2D eigenvalue weighted by atomic mass is 10.1. The van der Waals surface area contributed by atoms with E-state index in [1.807, 2.05) is 36.4 Å². The molecule has 8 heteroatoms. The number of methoxy groups -OCH3 is 1. The van der Waals surface area contributed by atoms with Crippen molar-refractivity contribution in [3.8, 4) is 6.07 Å². The van der Waals surface area contributed by atoms with E-state index in [-0.39, 0.29) is 12.0 Å². The van der Waals surface area contributed by atoms with Crippen molar-refractivity contribution in [1.82, 2.24) is 15.1 Å². The van der Waals surface area contributed by atoms with Crippen LogP contribution >= 0.6 is 0 Å². The number of ether oxygens (including phenoxy) is 1. The topological polar surface area (TPSA) is 114 Å². The molecule has 0 aliphatic heterocycles. The highest BCUT2D eigenvalue weighted by atomic mass is 16.5. The second-order valence-electron chi connectivity index (χ2n) is 5.99. The maximum atomic E-state index is 12.4. The molecule has 0 fully saturated rings. The van der Waals surface area contributed by atoms with Crippen molar-refractivity contribution in [2.24, 2.45) is 0 Å². The molecule has 0 aliphatic rings. The molecule has 2 aromatic rings. The van der Waals surface area contributed by atoms with Gasteiger partial charge in [-0.25, -0.2) is 9.48 Å². The van der Waals surface area contributed by atoms with E-state index in [1.54, 1.807) is 13.8 Å². The number of hydrogen-bond donors (Lipinski definition) is 1. The first-order valence-electron chi connectivity index (χ1n) is 8.27. The van der Waals surface area contributed by atoms with E-state index in [0.717, 1.165) is 10.2 Å². The first-order valence-corrected chi connectivity index (χ1v) is 8.27. The number of aromatic nitrogens is 2. The van der Waals surface area contributed by atoms with Crippen LogP contribution in [0.25, 0.3) is 0 Å². The third-order valence-corrected chi connectivity index (χ3v) is 4.15. The Kier molecular flexibility index (Phi) is 6.44. The van der Waals surface area contributed by atoms with Crippen LogP contribution in [0.4, 0.5) is 0 Å². The minimum atomic E-state index is -0.900. The number of amides is 1. The molecule has 1 heterocycles. The predicted molar refractivity (Wildman–Crippen MR) is 96.8 cm³/mol. The number of nitrogens with one attached hydrogen (secondary N) is 1. The van der Waals surface area contributed by atoms with Gasteiger partial charge in [0.05, 0.1) is 12.8 Å². The van der Waals surface area contributed by atoms with Gasteiger partial charge in [-0.1, -0.05) is 30.3 Å². The second kappa shape index (κ2) is 8.76. The Morgan fingerprint density at radius 3 is 2.56 bits per heavy atom. The molecule has 2 rings (SSSR count). The van der Waals surface area contributed by atoms with Gasteiger partial charge in [-0.15, -0.1) is 0 Å². The number of hydrogen-bond acceptors (Lipinski definition) is 6. The van der Waals surface area contributed by atoms with Gasteiger partial charge in [0, 0.05) is 6.42 Å². The molecule has 1 aromatic heterocycles. The van der Waals surface area contributed by atoms with Crippen LogP contribution in [0.15, 0.2) is 35.1 Å². The van der Waals surface area contributed by atoms with Crippen LogP contribution in [-0.4, -0.2) is 34.8 Å². The van der Waals surface area contributed by atoms with Crippen molar-refractivity contribution < 1.29 is 14.3 Å². The zero-order valence-electron chi connectivity index (χ0n) is 15.4. The fourth-order valence-corrected chi connectivity index (χ4v) is 2.57. The van der Waals surface area contributed by atoms with Crippen LogP contribution < -0.4 is 10.9 Å². The molecule has 27 heavy (non-hydrogen) atoms. The van der Waals surface area contributed by atoms with Gasteiger partial charge in [0.15, 0.2) is 0 Å². The van der Waals surface area contributed by atoms with E-state index >= 15 is 0 Å². The summed E-state index contributed by atoms with van der Waals surface area (Å²) in [4.78, 5) is 36.7. The quantitative estimate of drug-likeness (QED) is 0.748. The molecule has 140 valence electrons. The van der Waals surface area contributed by atoms with Crippen LogP contribution in [-0.2, 0) is 27.3 Å². The molecule has 8 nitrogen and oxygen atoms in total. The predicted octanol–water partition coefficient (Wildman–Crippen LogP) is 0.632. The summed E-state index contributed by atoms with van der Waals surface area (Å²) in [6.45, 7) is 2.87. The molecule has 1 amide bonds. The Bertz CT molecular complexity index is 945.